The van der Waals surface area contributed by atoms with Crippen molar-refractivity contribution < 1.29 is 9.21 Å². The Morgan fingerprint density at radius 1 is 1.33 bits per heavy atom. The Morgan fingerprint density at radius 2 is 2.10 bits per heavy atom. The summed E-state index contributed by atoms with van der Waals surface area (Å²) in [5, 5.41) is 0.510. The van der Waals surface area contributed by atoms with Gasteiger partial charge in [0.05, 0.1) is 11.3 Å². The van der Waals surface area contributed by atoms with Crippen LogP contribution in [0.25, 0.3) is 0 Å². The summed E-state index contributed by atoms with van der Waals surface area (Å²) < 4.78 is 5.51. The highest BCUT2D eigenvalue weighted by atomic mass is 32.2. The van der Waals surface area contributed by atoms with Crippen molar-refractivity contribution in [3.8, 4) is 0 Å². The molecule has 0 radical (unpaired) electrons. The Labute approximate surface area is 129 Å². The van der Waals surface area contributed by atoms with Crippen LogP contribution in [0.4, 0.5) is 5.69 Å². The van der Waals surface area contributed by atoms with Gasteiger partial charge in [-0.15, -0.1) is 11.8 Å². The summed E-state index contributed by atoms with van der Waals surface area (Å²) in [4.78, 5) is 16.0. The lowest BCUT2D eigenvalue weighted by molar-refractivity contribution is 0.0985. The van der Waals surface area contributed by atoms with Crippen LogP contribution < -0.4 is 4.90 Å². The zero-order valence-corrected chi connectivity index (χ0v) is 13.4. The minimum absolute atomic E-state index is 0.0338. The summed E-state index contributed by atoms with van der Waals surface area (Å²) in [7, 11) is 0. The van der Waals surface area contributed by atoms with Gasteiger partial charge in [-0.25, -0.2) is 0 Å². The van der Waals surface area contributed by atoms with Crippen molar-refractivity contribution in [3.63, 3.8) is 0 Å². The first-order valence-electron chi connectivity index (χ1n) is 7.21. The number of hydrogen-bond acceptors (Lipinski definition) is 3. The Morgan fingerprint density at radius 3 is 2.81 bits per heavy atom. The van der Waals surface area contributed by atoms with Crippen LogP contribution in [0, 0.1) is 13.8 Å². The predicted molar refractivity (Wildman–Crippen MR) is 86.2 cm³/mol. The standard InChI is InChI=1S/C17H19NO2S/c1-11-10-14(13(3)20-11)17(19)18-9-8-12(2)21-16-7-5-4-6-15(16)18/h4-7,10,12H,8-9H2,1-3H3/t12-/m1/s1. The van der Waals surface area contributed by atoms with E-state index >= 15 is 0 Å². The molecule has 1 aromatic carbocycles. The third-order valence-electron chi connectivity index (χ3n) is 3.76. The van der Waals surface area contributed by atoms with Gasteiger partial charge < -0.3 is 9.32 Å². The van der Waals surface area contributed by atoms with E-state index in [-0.39, 0.29) is 5.91 Å². The number of carbonyl (C=O) groups is 1. The molecule has 1 aromatic heterocycles. The van der Waals surface area contributed by atoms with E-state index in [1.807, 2.05) is 54.8 Å². The first kappa shape index (κ1) is 14.3. The number of benzene rings is 1. The van der Waals surface area contributed by atoms with Crippen LogP contribution in [0.1, 0.15) is 35.2 Å². The molecule has 1 amide bonds. The monoisotopic (exact) mass is 301 g/mol. The second kappa shape index (κ2) is 5.60. The molecule has 0 bridgehead atoms. The largest absolute Gasteiger partial charge is 0.466 e. The molecule has 0 aliphatic carbocycles. The van der Waals surface area contributed by atoms with Crippen molar-refractivity contribution in [2.45, 2.75) is 37.3 Å². The molecule has 3 nitrogen and oxygen atoms in total. The van der Waals surface area contributed by atoms with Crippen LogP contribution in [0.2, 0.25) is 0 Å². The molecule has 2 heterocycles. The molecule has 3 rings (SSSR count). The van der Waals surface area contributed by atoms with Crippen molar-refractivity contribution in [2.75, 3.05) is 11.4 Å². The Hall–Kier alpha value is -1.68. The van der Waals surface area contributed by atoms with Gasteiger partial charge in [-0.1, -0.05) is 19.1 Å². The van der Waals surface area contributed by atoms with Crippen LogP contribution >= 0.6 is 11.8 Å². The highest BCUT2D eigenvalue weighted by Gasteiger charge is 2.26. The fourth-order valence-electron chi connectivity index (χ4n) is 2.69. The summed E-state index contributed by atoms with van der Waals surface area (Å²) in [6.07, 6.45) is 0.987. The van der Waals surface area contributed by atoms with Gasteiger partial charge in [0.2, 0.25) is 0 Å². The number of carbonyl (C=O) groups excluding carboxylic acids is 1. The highest BCUT2D eigenvalue weighted by Crippen LogP contribution is 2.38. The van der Waals surface area contributed by atoms with Gasteiger partial charge in [-0.05, 0) is 38.5 Å². The summed E-state index contributed by atoms with van der Waals surface area (Å²) in [5.41, 5.74) is 1.68. The fraction of sp³-hybridized carbons (Fsp3) is 0.353. The molecule has 0 fully saturated rings. The molecule has 0 N–H and O–H groups in total. The molecule has 4 heteroatoms. The molecule has 1 aliphatic rings. The maximum absolute atomic E-state index is 12.9. The lowest BCUT2D eigenvalue weighted by Crippen LogP contribution is -2.32. The number of rotatable bonds is 1. The maximum atomic E-state index is 12.9. The van der Waals surface area contributed by atoms with Crippen LogP contribution in [0.15, 0.2) is 39.6 Å². The number of hydrogen-bond donors (Lipinski definition) is 0. The van der Waals surface area contributed by atoms with Gasteiger partial charge in [-0.2, -0.15) is 0 Å². The van der Waals surface area contributed by atoms with Crippen LogP contribution in [-0.2, 0) is 0 Å². The number of thioether (sulfide) groups is 1. The molecule has 0 saturated carbocycles. The van der Waals surface area contributed by atoms with Crippen molar-refractivity contribution >= 4 is 23.4 Å². The molecule has 1 atom stereocenters. The van der Waals surface area contributed by atoms with E-state index in [1.165, 1.54) is 4.90 Å². The van der Waals surface area contributed by atoms with E-state index in [4.69, 9.17) is 4.42 Å². The summed E-state index contributed by atoms with van der Waals surface area (Å²) in [6.45, 7) is 6.68. The normalized spacial score (nSPS) is 18.2. The van der Waals surface area contributed by atoms with Gasteiger partial charge in [0.25, 0.3) is 5.91 Å². The highest BCUT2D eigenvalue weighted by molar-refractivity contribution is 8.00. The number of aryl methyl sites for hydroxylation is 2. The van der Waals surface area contributed by atoms with Crippen LogP contribution in [0.5, 0.6) is 0 Å². The number of furan rings is 1. The SMILES string of the molecule is Cc1cc(C(=O)N2CC[C@@H](C)Sc3ccccc32)c(C)o1. The first-order chi connectivity index (χ1) is 10.1. The van der Waals surface area contributed by atoms with Crippen molar-refractivity contribution in [1.29, 1.82) is 0 Å². The zero-order valence-electron chi connectivity index (χ0n) is 12.6. The molecular formula is C17H19NO2S. The molecular weight excluding hydrogens is 282 g/mol. The minimum atomic E-state index is 0.0338. The summed E-state index contributed by atoms with van der Waals surface area (Å²) in [5.74, 6) is 1.51. The third kappa shape index (κ3) is 2.72. The van der Waals surface area contributed by atoms with Crippen molar-refractivity contribution in [1.82, 2.24) is 0 Å². The molecule has 0 spiro atoms. The number of nitrogens with zero attached hydrogens (tertiary/aromatic N) is 1. The van der Waals surface area contributed by atoms with Gasteiger partial charge >= 0.3 is 0 Å². The first-order valence-corrected chi connectivity index (χ1v) is 8.09. The van der Waals surface area contributed by atoms with Crippen LogP contribution in [0.3, 0.4) is 0 Å². The smallest absolute Gasteiger partial charge is 0.261 e. The number of anilines is 1. The topological polar surface area (TPSA) is 33.5 Å². The Bertz CT molecular complexity index is 677. The van der Waals surface area contributed by atoms with Crippen molar-refractivity contribution in [3.05, 3.63) is 47.4 Å². The predicted octanol–water partition coefficient (Wildman–Crippen LogP) is 4.43. The molecule has 110 valence electrons. The number of para-hydroxylation sites is 1. The third-order valence-corrected chi connectivity index (χ3v) is 5.00. The molecule has 1 aliphatic heterocycles. The lowest BCUT2D eigenvalue weighted by Gasteiger charge is -2.22. The summed E-state index contributed by atoms with van der Waals surface area (Å²) in [6, 6.07) is 9.97. The van der Waals surface area contributed by atoms with E-state index in [1.54, 1.807) is 0 Å². The average molecular weight is 301 g/mol. The zero-order chi connectivity index (χ0) is 15.0. The molecule has 0 unspecified atom stereocenters. The van der Waals surface area contributed by atoms with Crippen LogP contribution in [-0.4, -0.2) is 17.7 Å². The van der Waals surface area contributed by atoms with Crippen molar-refractivity contribution in [2.24, 2.45) is 0 Å². The van der Waals surface area contributed by atoms with E-state index in [2.05, 4.69) is 13.0 Å². The van der Waals surface area contributed by atoms with E-state index in [0.29, 0.717) is 16.6 Å². The number of amides is 1. The maximum Gasteiger partial charge on any atom is 0.261 e. The van der Waals surface area contributed by atoms with Gasteiger partial charge in [0.15, 0.2) is 0 Å². The van der Waals surface area contributed by atoms with E-state index in [9.17, 15) is 4.79 Å². The Balaban J connectivity index is 2.02. The summed E-state index contributed by atoms with van der Waals surface area (Å²) >= 11 is 1.84. The average Bonchev–Trinajstić information content (AvgIpc) is 2.69. The van der Waals surface area contributed by atoms with Gasteiger partial charge in [-0.3, -0.25) is 4.79 Å². The molecule has 21 heavy (non-hydrogen) atoms. The van der Waals surface area contributed by atoms with Gasteiger partial charge in [0.1, 0.15) is 11.5 Å². The minimum Gasteiger partial charge on any atom is -0.466 e. The second-order valence-electron chi connectivity index (χ2n) is 5.47. The van der Waals surface area contributed by atoms with Gasteiger partial charge in [0, 0.05) is 16.7 Å². The quantitative estimate of drug-likeness (QED) is 0.781. The Kier molecular flexibility index (Phi) is 3.81. The van der Waals surface area contributed by atoms with E-state index in [0.717, 1.165) is 24.4 Å². The molecule has 2 aromatic rings. The lowest BCUT2D eigenvalue weighted by atomic mass is 10.1. The molecule has 0 saturated heterocycles. The fourth-order valence-corrected chi connectivity index (χ4v) is 3.80. The second-order valence-corrected chi connectivity index (χ2v) is 6.95. The van der Waals surface area contributed by atoms with E-state index < -0.39 is 0 Å². The number of fused-ring (bicyclic) bond motifs is 1.